The van der Waals surface area contributed by atoms with Crippen molar-refractivity contribution in [1.29, 1.82) is 0 Å². The summed E-state index contributed by atoms with van der Waals surface area (Å²) in [5.41, 5.74) is 2.73. The third kappa shape index (κ3) is 4.58. The molecule has 1 rings (SSSR count). The first-order valence-corrected chi connectivity index (χ1v) is 6.84. The summed E-state index contributed by atoms with van der Waals surface area (Å²) in [4.78, 5) is 1.41. The maximum Gasteiger partial charge on any atom is 0.0191 e. The van der Waals surface area contributed by atoms with Gasteiger partial charge in [-0.05, 0) is 25.5 Å². The molecule has 0 saturated heterocycles. The first-order chi connectivity index (χ1) is 7.49. The van der Waals surface area contributed by atoms with Crippen LogP contribution in [0.1, 0.15) is 31.9 Å². The van der Waals surface area contributed by atoms with Gasteiger partial charge in [0.25, 0.3) is 0 Å². The first kappa shape index (κ1) is 13.6. The SMILES string of the molecule is Cc1ccc(SC(C)CNC(C)C)c(C)c1. The molecule has 0 saturated carbocycles. The van der Waals surface area contributed by atoms with E-state index in [1.165, 1.54) is 16.0 Å². The molecule has 0 aliphatic rings. The molecule has 0 amide bonds. The van der Waals surface area contributed by atoms with Crippen molar-refractivity contribution in [3.63, 3.8) is 0 Å². The van der Waals surface area contributed by atoms with Crippen LogP contribution in [0.2, 0.25) is 0 Å². The highest BCUT2D eigenvalue weighted by atomic mass is 32.2. The Morgan fingerprint density at radius 2 is 1.88 bits per heavy atom. The highest BCUT2D eigenvalue weighted by Gasteiger charge is 2.07. The van der Waals surface area contributed by atoms with Crippen LogP contribution in [0.25, 0.3) is 0 Å². The van der Waals surface area contributed by atoms with Crippen molar-refractivity contribution >= 4 is 11.8 Å². The lowest BCUT2D eigenvalue weighted by molar-refractivity contribution is 0.589. The van der Waals surface area contributed by atoms with Crippen molar-refractivity contribution in [3.8, 4) is 0 Å². The molecule has 0 fully saturated rings. The molecular weight excluding hydrogens is 214 g/mol. The molecule has 0 aliphatic heterocycles. The first-order valence-electron chi connectivity index (χ1n) is 5.96. The van der Waals surface area contributed by atoms with E-state index in [9.17, 15) is 0 Å². The van der Waals surface area contributed by atoms with Crippen molar-refractivity contribution in [2.45, 2.75) is 50.8 Å². The molecule has 1 unspecified atom stereocenters. The summed E-state index contributed by atoms with van der Waals surface area (Å²) in [6, 6.07) is 7.26. The summed E-state index contributed by atoms with van der Waals surface area (Å²) in [5, 5.41) is 4.09. The third-order valence-corrected chi connectivity index (χ3v) is 3.75. The second kappa shape index (κ2) is 6.31. The summed E-state index contributed by atoms with van der Waals surface area (Å²) in [6.07, 6.45) is 0. The lowest BCUT2D eigenvalue weighted by atomic mass is 10.2. The second-order valence-electron chi connectivity index (χ2n) is 4.76. The number of rotatable bonds is 5. The number of aryl methyl sites for hydroxylation is 2. The Bertz CT molecular complexity index is 334. The Kier molecular flexibility index (Phi) is 5.36. The van der Waals surface area contributed by atoms with Crippen LogP contribution in [0, 0.1) is 13.8 Å². The molecule has 16 heavy (non-hydrogen) atoms. The average molecular weight is 237 g/mol. The molecule has 1 aromatic carbocycles. The zero-order valence-corrected chi connectivity index (χ0v) is 11.8. The minimum Gasteiger partial charge on any atom is -0.313 e. The van der Waals surface area contributed by atoms with Crippen LogP contribution in [0.3, 0.4) is 0 Å². The molecule has 0 aromatic heterocycles. The van der Waals surface area contributed by atoms with Gasteiger partial charge in [0.1, 0.15) is 0 Å². The molecule has 0 aliphatic carbocycles. The standard InChI is InChI=1S/C14H23NS/c1-10(2)15-9-13(5)16-14-7-6-11(3)8-12(14)4/h6-8,10,13,15H,9H2,1-5H3. The zero-order valence-electron chi connectivity index (χ0n) is 11.0. The molecule has 1 atom stereocenters. The van der Waals surface area contributed by atoms with Gasteiger partial charge in [0.2, 0.25) is 0 Å². The highest BCUT2D eigenvalue weighted by Crippen LogP contribution is 2.26. The van der Waals surface area contributed by atoms with E-state index in [2.05, 4.69) is 58.1 Å². The fraction of sp³-hybridized carbons (Fsp3) is 0.571. The number of hydrogen-bond donors (Lipinski definition) is 1. The molecule has 1 N–H and O–H groups in total. The predicted molar refractivity (Wildman–Crippen MR) is 74.4 cm³/mol. The Labute approximate surface area is 104 Å². The van der Waals surface area contributed by atoms with Crippen molar-refractivity contribution in [2.24, 2.45) is 0 Å². The van der Waals surface area contributed by atoms with Crippen LogP contribution in [0.15, 0.2) is 23.1 Å². The molecule has 1 aromatic rings. The number of thioether (sulfide) groups is 1. The summed E-state index contributed by atoms with van der Waals surface area (Å²) in [6.45, 7) is 12.1. The van der Waals surface area contributed by atoms with E-state index < -0.39 is 0 Å². The molecule has 90 valence electrons. The van der Waals surface area contributed by atoms with Gasteiger partial charge < -0.3 is 5.32 Å². The van der Waals surface area contributed by atoms with Crippen molar-refractivity contribution in [3.05, 3.63) is 29.3 Å². The largest absolute Gasteiger partial charge is 0.313 e. The fourth-order valence-electron chi connectivity index (χ4n) is 1.59. The maximum absolute atomic E-state index is 3.48. The molecule has 2 heteroatoms. The molecule has 0 heterocycles. The molecule has 0 bridgehead atoms. The van der Waals surface area contributed by atoms with Gasteiger partial charge in [-0.1, -0.05) is 38.5 Å². The minimum atomic E-state index is 0.571. The smallest absolute Gasteiger partial charge is 0.0191 e. The molecule has 0 radical (unpaired) electrons. The van der Waals surface area contributed by atoms with Crippen LogP contribution in [0.4, 0.5) is 0 Å². The van der Waals surface area contributed by atoms with Crippen molar-refractivity contribution in [1.82, 2.24) is 5.32 Å². The number of benzene rings is 1. The lowest BCUT2D eigenvalue weighted by Gasteiger charge is -2.16. The normalized spacial score (nSPS) is 13.1. The minimum absolute atomic E-state index is 0.571. The van der Waals surface area contributed by atoms with E-state index in [4.69, 9.17) is 0 Å². The van der Waals surface area contributed by atoms with Crippen LogP contribution in [-0.4, -0.2) is 17.8 Å². The molecule has 1 nitrogen and oxygen atoms in total. The number of nitrogens with one attached hydrogen (secondary N) is 1. The lowest BCUT2D eigenvalue weighted by Crippen LogP contribution is -2.28. The van der Waals surface area contributed by atoms with Gasteiger partial charge in [0.05, 0.1) is 0 Å². The van der Waals surface area contributed by atoms with E-state index in [-0.39, 0.29) is 0 Å². The van der Waals surface area contributed by atoms with Gasteiger partial charge in [0.15, 0.2) is 0 Å². The van der Waals surface area contributed by atoms with Gasteiger partial charge in [0, 0.05) is 22.7 Å². The summed E-state index contributed by atoms with van der Waals surface area (Å²) >= 11 is 1.96. The van der Waals surface area contributed by atoms with E-state index >= 15 is 0 Å². The monoisotopic (exact) mass is 237 g/mol. The van der Waals surface area contributed by atoms with Gasteiger partial charge >= 0.3 is 0 Å². The summed E-state index contributed by atoms with van der Waals surface area (Å²) < 4.78 is 0. The highest BCUT2D eigenvalue weighted by molar-refractivity contribution is 8.00. The zero-order chi connectivity index (χ0) is 12.1. The average Bonchev–Trinajstić information content (AvgIpc) is 2.19. The van der Waals surface area contributed by atoms with Crippen LogP contribution in [-0.2, 0) is 0 Å². The van der Waals surface area contributed by atoms with Gasteiger partial charge in [-0.15, -0.1) is 11.8 Å². The van der Waals surface area contributed by atoms with E-state index in [1.54, 1.807) is 0 Å². The van der Waals surface area contributed by atoms with Crippen LogP contribution < -0.4 is 5.32 Å². The van der Waals surface area contributed by atoms with Crippen LogP contribution in [0.5, 0.6) is 0 Å². The maximum atomic E-state index is 3.48. The van der Waals surface area contributed by atoms with Gasteiger partial charge in [-0.25, -0.2) is 0 Å². The topological polar surface area (TPSA) is 12.0 Å². The van der Waals surface area contributed by atoms with Crippen molar-refractivity contribution in [2.75, 3.05) is 6.54 Å². The third-order valence-electron chi connectivity index (χ3n) is 2.47. The predicted octanol–water partition coefficient (Wildman–Crippen LogP) is 3.78. The Morgan fingerprint density at radius 1 is 1.19 bits per heavy atom. The quantitative estimate of drug-likeness (QED) is 0.782. The van der Waals surface area contributed by atoms with Gasteiger partial charge in [-0.2, -0.15) is 0 Å². The molecule has 0 spiro atoms. The van der Waals surface area contributed by atoms with E-state index in [0.29, 0.717) is 11.3 Å². The number of hydrogen-bond acceptors (Lipinski definition) is 2. The Hall–Kier alpha value is -0.470. The van der Waals surface area contributed by atoms with E-state index in [0.717, 1.165) is 6.54 Å². The van der Waals surface area contributed by atoms with Crippen LogP contribution >= 0.6 is 11.8 Å². The molecular formula is C14H23NS. The van der Waals surface area contributed by atoms with Crippen molar-refractivity contribution < 1.29 is 0 Å². The summed E-state index contributed by atoms with van der Waals surface area (Å²) in [7, 11) is 0. The Morgan fingerprint density at radius 3 is 2.44 bits per heavy atom. The summed E-state index contributed by atoms with van der Waals surface area (Å²) in [5.74, 6) is 0. The van der Waals surface area contributed by atoms with Gasteiger partial charge in [-0.3, -0.25) is 0 Å². The fourth-order valence-corrected chi connectivity index (χ4v) is 2.60. The Balaban J connectivity index is 2.52. The second-order valence-corrected chi connectivity index (χ2v) is 6.24. The van der Waals surface area contributed by atoms with E-state index in [1.807, 2.05) is 11.8 Å².